The summed E-state index contributed by atoms with van der Waals surface area (Å²) >= 11 is 0. The van der Waals surface area contributed by atoms with Gasteiger partial charge in [-0.1, -0.05) is 31.8 Å². The van der Waals surface area contributed by atoms with Crippen LogP contribution < -0.4 is 20.1 Å². The highest BCUT2D eigenvalue weighted by Crippen LogP contribution is 2.27. The quantitative estimate of drug-likeness (QED) is 0.318. The van der Waals surface area contributed by atoms with Crippen molar-refractivity contribution < 1.29 is 9.47 Å². The van der Waals surface area contributed by atoms with Gasteiger partial charge < -0.3 is 20.1 Å². The average molecular weight is 317 g/mol. The second-order valence-corrected chi connectivity index (χ2v) is 5.04. The Balaban J connectivity index is 2.57. The van der Waals surface area contributed by atoms with Crippen molar-refractivity contribution in [2.45, 2.75) is 32.7 Å². The molecule has 0 aliphatic carbocycles. The highest BCUT2D eigenvalue weighted by molar-refractivity contribution is 5.79. The summed E-state index contributed by atoms with van der Waals surface area (Å²) in [7, 11) is 3.38. The van der Waals surface area contributed by atoms with Crippen molar-refractivity contribution in [2.24, 2.45) is 4.99 Å². The van der Waals surface area contributed by atoms with Gasteiger partial charge in [0, 0.05) is 20.1 Å². The monoisotopic (exact) mass is 317 g/mol. The summed E-state index contributed by atoms with van der Waals surface area (Å²) in [6.45, 7) is 3.97. The van der Waals surface area contributed by atoms with E-state index in [0.29, 0.717) is 18.0 Å². The van der Waals surface area contributed by atoms with Gasteiger partial charge in [-0.05, 0) is 24.1 Å². The zero-order chi connectivity index (χ0) is 16.9. The van der Waals surface area contributed by atoms with Crippen LogP contribution in [0.1, 0.15) is 31.7 Å². The van der Waals surface area contributed by atoms with Crippen molar-refractivity contribution in [1.82, 2.24) is 10.6 Å². The standard InChI is InChI=1S/C18H27N3O2/c1-5-7-8-11-20-18(19-3)21-14-15-9-10-16(22-4)17(13-15)23-12-6-2/h2,9-10,13H,5,7-8,11-12,14H2,1,3-4H3,(H2,19,20,21). The molecule has 0 amide bonds. The number of aliphatic imine (C=N–C) groups is 1. The summed E-state index contributed by atoms with van der Waals surface area (Å²) in [5.74, 6) is 4.57. The first-order valence-corrected chi connectivity index (χ1v) is 7.92. The SMILES string of the molecule is C#CCOc1cc(CNC(=NC)NCCCCC)ccc1OC. The van der Waals surface area contributed by atoms with Gasteiger partial charge in [0.15, 0.2) is 17.5 Å². The Labute approximate surface area is 139 Å². The molecule has 0 aliphatic heterocycles. The van der Waals surface area contributed by atoms with Gasteiger partial charge in [0.05, 0.1) is 7.11 Å². The van der Waals surface area contributed by atoms with Gasteiger partial charge >= 0.3 is 0 Å². The number of methoxy groups -OCH3 is 1. The molecule has 0 heterocycles. The smallest absolute Gasteiger partial charge is 0.191 e. The predicted molar refractivity (Wildman–Crippen MR) is 95.0 cm³/mol. The van der Waals surface area contributed by atoms with Crippen molar-refractivity contribution in [3.8, 4) is 23.8 Å². The number of guanidine groups is 1. The molecule has 23 heavy (non-hydrogen) atoms. The molecule has 5 nitrogen and oxygen atoms in total. The van der Waals surface area contributed by atoms with E-state index in [2.05, 4.69) is 28.5 Å². The van der Waals surface area contributed by atoms with E-state index in [4.69, 9.17) is 15.9 Å². The number of rotatable bonds is 9. The van der Waals surface area contributed by atoms with E-state index in [1.165, 1.54) is 12.8 Å². The molecule has 0 unspecified atom stereocenters. The van der Waals surface area contributed by atoms with E-state index in [1.807, 2.05) is 18.2 Å². The van der Waals surface area contributed by atoms with E-state index >= 15 is 0 Å². The van der Waals surface area contributed by atoms with Crippen LogP contribution in [0.2, 0.25) is 0 Å². The predicted octanol–water partition coefficient (Wildman–Crippen LogP) is 2.56. The first-order chi connectivity index (χ1) is 11.2. The van der Waals surface area contributed by atoms with Gasteiger partial charge in [0.25, 0.3) is 0 Å². The van der Waals surface area contributed by atoms with Crippen molar-refractivity contribution in [1.29, 1.82) is 0 Å². The van der Waals surface area contributed by atoms with E-state index in [1.54, 1.807) is 14.2 Å². The number of nitrogens with one attached hydrogen (secondary N) is 2. The molecule has 0 spiro atoms. The fourth-order valence-electron chi connectivity index (χ4n) is 2.05. The van der Waals surface area contributed by atoms with Crippen LogP contribution in [0, 0.1) is 12.3 Å². The summed E-state index contributed by atoms with van der Waals surface area (Å²) in [6.07, 6.45) is 8.81. The first-order valence-electron chi connectivity index (χ1n) is 7.92. The van der Waals surface area contributed by atoms with Crippen LogP contribution in [-0.4, -0.2) is 33.3 Å². The Morgan fingerprint density at radius 1 is 1.26 bits per heavy atom. The number of hydrogen-bond donors (Lipinski definition) is 2. The van der Waals surface area contributed by atoms with Crippen molar-refractivity contribution in [2.75, 3.05) is 27.3 Å². The number of terminal acetylenes is 1. The van der Waals surface area contributed by atoms with Gasteiger partial charge in [-0.2, -0.15) is 0 Å². The maximum atomic E-state index is 5.51. The van der Waals surface area contributed by atoms with Gasteiger partial charge in [0.1, 0.15) is 6.61 Å². The van der Waals surface area contributed by atoms with Crippen molar-refractivity contribution in [3.63, 3.8) is 0 Å². The minimum absolute atomic E-state index is 0.216. The second kappa shape index (κ2) is 11.2. The lowest BCUT2D eigenvalue weighted by Gasteiger charge is -2.14. The molecule has 0 saturated heterocycles. The lowest BCUT2D eigenvalue weighted by Crippen LogP contribution is -2.37. The molecular formula is C18H27N3O2. The molecule has 2 N–H and O–H groups in total. The van der Waals surface area contributed by atoms with Crippen LogP contribution >= 0.6 is 0 Å². The maximum Gasteiger partial charge on any atom is 0.191 e. The van der Waals surface area contributed by atoms with Crippen LogP contribution in [0.25, 0.3) is 0 Å². The Morgan fingerprint density at radius 3 is 2.74 bits per heavy atom. The molecule has 0 saturated carbocycles. The lowest BCUT2D eigenvalue weighted by atomic mass is 10.2. The first kappa shape index (κ1) is 18.7. The molecule has 0 aliphatic rings. The fraction of sp³-hybridized carbons (Fsp3) is 0.500. The molecule has 1 aromatic carbocycles. The molecule has 5 heteroatoms. The summed E-state index contributed by atoms with van der Waals surface area (Å²) in [5, 5.41) is 6.59. The summed E-state index contributed by atoms with van der Waals surface area (Å²) in [5.41, 5.74) is 1.06. The highest BCUT2D eigenvalue weighted by Gasteiger charge is 2.06. The van der Waals surface area contributed by atoms with Crippen LogP contribution in [0.5, 0.6) is 11.5 Å². The second-order valence-electron chi connectivity index (χ2n) is 5.04. The minimum Gasteiger partial charge on any atom is -0.493 e. The Bertz CT molecular complexity index is 536. The molecule has 0 radical (unpaired) electrons. The van der Waals surface area contributed by atoms with Gasteiger partial charge in [0.2, 0.25) is 0 Å². The Kier molecular flexibility index (Phi) is 9.14. The number of nitrogens with zero attached hydrogens (tertiary/aromatic N) is 1. The zero-order valence-corrected chi connectivity index (χ0v) is 14.3. The maximum absolute atomic E-state index is 5.51. The summed E-state index contributed by atoms with van der Waals surface area (Å²) < 4.78 is 10.8. The number of unbranched alkanes of at least 4 members (excludes halogenated alkanes) is 2. The number of benzene rings is 1. The third-order valence-electron chi connectivity index (χ3n) is 3.30. The third kappa shape index (κ3) is 6.96. The Hall–Kier alpha value is -2.35. The Morgan fingerprint density at radius 2 is 2.09 bits per heavy atom. The van der Waals surface area contributed by atoms with Crippen LogP contribution in [0.15, 0.2) is 23.2 Å². The highest BCUT2D eigenvalue weighted by atomic mass is 16.5. The van der Waals surface area contributed by atoms with E-state index in [0.717, 1.165) is 24.5 Å². The molecule has 0 aromatic heterocycles. The minimum atomic E-state index is 0.216. The van der Waals surface area contributed by atoms with Crippen molar-refractivity contribution in [3.05, 3.63) is 23.8 Å². The molecule has 126 valence electrons. The van der Waals surface area contributed by atoms with Gasteiger partial charge in [-0.3, -0.25) is 4.99 Å². The van der Waals surface area contributed by atoms with E-state index in [9.17, 15) is 0 Å². The third-order valence-corrected chi connectivity index (χ3v) is 3.30. The van der Waals surface area contributed by atoms with Crippen LogP contribution in [0.4, 0.5) is 0 Å². The summed E-state index contributed by atoms with van der Waals surface area (Å²) in [4.78, 5) is 4.22. The topological polar surface area (TPSA) is 54.9 Å². The van der Waals surface area contributed by atoms with E-state index < -0.39 is 0 Å². The molecule has 0 atom stereocenters. The molecule has 0 fully saturated rings. The molecular weight excluding hydrogens is 290 g/mol. The van der Waals surface area contributed by atoms with Crippen LogP contribution in [0.3, 0.4) is 0 Å². The van der Waals surface area contributed by atoms with Gasteiger partial charge in [-0.25, -0.2) is 0 Å². The molecule has 1 aromatic rings. The van der Waals surface area contributed by atoms with E-state index in [-0.39, 0.29) is 6.61 Å². The van der Waals surface area contributed by atoms with Crippen molar-refractivity contribution >= 4 is 5.96 Å². The molecule has 1 rings (SSSR count). The normalized spacial score (nSPS) is 10.8. The molecule has 0 bridgehead atoms. The number of hydrogen-bond acceptors (Lipinski definition) is 3. The zero-order valence-electron chi connectivity index (χ0n) is 14.3. The fourth-order valence-corrected chi connectivity index (χ4v) is 2.05. The van der Waals surface area contributed by atoms with Gasteiger partial charge in [-0.15, -0.1) is 6.42 Å². The van der Waals surface area contributed by atoms with Crippen LogP contribution in [-0.2, 0) is 6.54 Å². The largest absolute Gasteiger partial charge is 0.493 e. The average Bonchev–Trinajstić information content (AvgIpc) is 2.59. The summed E-state index contributed by atoms with van der Waals surface area (Å²) in [6, 6.07) is 5.78. The number of ether oxygens (including phenoxy) is 2. The lowest BCUT2D eigenvalue weighted by molar-refractivity contribution is 0.330.